The van der Waals surface area contributed by atoms with Crippen LogP contribution < -0.4 is 22.1 Å². The van der Waals surface area contributed by atoms with Crippen molar-refractivity contribution >= 4 is 34.9 Å². The maximum atomic E-state index is 11.8. The molecule has 0 saturated heterocycles. The number of nitrogens with two attached hydrogens (primary N) is 2. The van der Waals surface area contributed by atoms with Gasteiger partial charge in [0.1, 0.15) is 0 Å². The average Bonchev–Trinajstić information content (AvgIpc) is 2.47. The predicted octanol–water partition coefficient (Wildman–Crippen LogP) is 1.72. The van der Waals surface area contributed by atoms with Crippen molar-refractivity contribution in [3.8, 4) is 0 Å². The minimum atomic E-state index is -0.477. The number of amides is 1. The fourth-order valence-corrected chi connectivity index (χ4v) is 2.80. The highest BCUT2D eigenvalue weighted by molar-refractivity contribution is 7.80. The Kier molecular flexibility index (Phi) is 5.71. The molecule has 118 valence electrons. The minimum absolute atomic E-state index is 0.252. The summed E-state index contributed by atoms with van der Waals surface area (Å²) in [6.45, 7) is 0. The molecule has 1 amide bonds. The van der Waals surface area contributed by atoms with Crippen LogP contribution in [0.5, 0.6) is 0 Å². The molecule has 0 atom stereocenters. The van der Waals surface area contributed by atoms with Gasteiger partial charge in [0.15, 0.2) is 11.1 Å². The number of hydrogen-bond acceptors (Lipinski definition) is 2. The maximum Gasteiger partial charge on any atom is 0.280 e. The summed E-state index contributed by atoms with van der Waals surface area (Å²) in [5.74, 6) is -0.729. The number of carbonyl (C=O) groups excluding carboxylic acids is 1. The van der Waals surface area contributed by atoms with Gasteiger partial charge in [-0.2, -0.15) is 4.99 Å². The average molecular weight is 319 g/mol. The molecule has 22 heavy (non-hydrogen) atoms. The number of anilines is 1. The predicted molar refractivity (Wildman–Crippen MR) is 92.8 cm³/mol. The van der Waals surface area contributed by atoms with Crippen molar-refractivity contribution in [2.75, 3.05) is 5.32 Å². The zero-order chi connectivity index (χ0) is 15.9. The van der Waals surface area contributed by atoms with E-state index >= 15 is 0 Å². The summed E-state index contributed by atoms with van der Waals surface area (Å²) in [7, 11) is 0. The van der Waals surface area contributed by atoms with E-state index < -0.39 is 5.91 Å². The molecular weight excluding hydrogens is 298 g/mol. The zero-order valence-corrected chi connectivity index (χ0v) is 13.2. The van der Waals surface area contributed by atoms with Gasteiger partial charge in [0.05, 0.1) is 0 Å². The van der Waals surface area contributed by atoms with E-state index in [1.807, 2.05) is 6.07 Å². The standard InChI is InChI=1S/C15H21N5OS/c16-14(17)20-13(21)10-5-4-8-12(9-10)19-15(22)18-11-6-2-1-3-7-11/h4-5,8-9,11H,1-3,6-7H2,(H2,18,19,22)(H4,16,17,20,21). The second-order valence-corrected chi connectivity index (χ2v) is 5.76. The molecule has 0 spiro atoms. The third-order valence-electron chi connectivity index (χ3n) is 3.54. The molecule has 1 aliphatic carbocycles. The summed E-state index contributed by atoms with van der Waals surface area (Å²) >= 11 is 5.32. The van der Waals surface area contributed by atoms with E-state index in [1.165, 1.54) is 19.3 Å². The number of guanidine groups is 1. The van der Waals surface area contributed by atoms with Crippen LogP contribution in [0.3, 0.4) is 0 Å². The number of aliphatic imine (C=N–C) groups is 1. The third-order valence-corrected chi connectivity index (χ3v) is 3.76. The number of nitrogens with zero attached hydrogens (tertiary/aromatic N) is 1. The minimum Gasteiger partial charge on any atom is -0.370 e. The van der Waals surface area contributed by atoms with Crippen LogP contribution in [0.4, 0.5) is 5.69 Å². The van der Waals surface area contributed by atoms with E-state index in [0.717, 1.165) is 18.5 Å². The van der Waals surface area contributed by atoms with E-state index in [4.69, 9.17) is 23.7 Å². The summed E-state index contributed by atoms with van der Waals surface area (Å²) in [6, 6.07) is 7.34. The fourth-order valence-electron chi connectivity index (χ4n) is 2.51. The first-order valence-electron chi connectivity index (χ1n) is 7.36. The van der Waals surface area contributed by atoms with Crippen LogP contribution in [0.25, 0.3) is 0 Å². The molecule has 1 aliphatic rings. The lowest BCUT2D eigenvalue weighted by Crippen LogP contribution is -2.38. The van der Waals surface area contributed by atoms with Crippen molar-refractivity contribution in [3.05, 3.63) is 29.8 Å². The maximum absolute atomic E-state index is 11.8. The molecule has 1 aromatic carbocycles. The molecule has 0 heterocycles. The number of carbonyl (C=O) groups is 1. The molecule has 0 aliphatic heterocycles. The normalized spacial score (nSPS) is 14.9. The van der Waals surface area contributed by atoms with Crippen LogP contribution in [0.1, 0.15) is 42.5 Å². The van der Waals surface area contributed by atoms with Gasteiger partial charge in [0.2, 0.25) is 0 Å². The molecule has 1 fully saturated rings. The highest BCUT2D eigenvalue weighted by atomic mass is 32.1. The van der Waals surface area contributed by atoms with Crippen molar-refractivity contribution in [1.29, 1.82) is 0 Å². The van der Waals surface area contributed by atoms with Gasteiger partial charge in [-0.1, -0.05) is 25.3 Å². The second kappa shape index (κ2) is 7.74. The molecule has 1 aromatic rings. The van der Waals surface area contributed by atoms with Crippen LogP contribution in [0, 0.1) is 0 Å². The van der Waals surface area contributed by atoms with Crippen LogP contribution in [0.15, 0.2) is 29.3 Å². The number of thiocarbonyl (C=S) groups is 1. The molecule has 6 N–H and O–H groups in total. The van der Waals surface area contributed by atoms with E-state index in [0.29, 0.717) is 16.7 Å². The lowest BCUT2D eigenvalue weighted by molar-refractivity contribution is 0.100. The van der Waals surface area contributed by atoms with E-state index in [2.05, 4.69) is 15.6 Å². The highest BCUT2D eigenvalue weighted by Gasteiger charge is 2.14. The molecule has 6 nitrogen and oxygen atoms in total. The Morgan fingerprint density at radius 3 is 2.64 bits per heavy atom. The molecule has 2 rings (SSSR count). The highest BCUT2D eigenvalue weighted by Crippen LogP contribution is 2.18. The lowest BCUT2D eigenvalue weighted by Gasteiger charge is -2.24. The van der Waals surface area contributed by atoms with Crippen molar-refractivity contribution in [1.82, 2.24) is 5.32 Å². The van der Waals surface area contributed by atoms with Gasteiger partial charge in [0.25, 0.3) is 5.91 Å². The first-order chi connectivity index (χ1) is 10.5. The van der Waals surface area contributed by atoms with E-state index in [-0.39, 0.29) is 5.96 Å². The van der Waals surface area contributed by atoms with Crippen molar-refractivity contribution in [3.63, 3.8) is 0 Å². The quantitative estimate of drug-likeness (QED) is 0.384. The zero-order valence-electron chi connectivity index (χ0n) is 12.3. The summed E-state index contributed by atoms with van der Waals surface area (Å²) in [5, 5.41) is 6.98. The van der Waals surface area contributed by atoms with Gasteiger partial charge in [-0.15, -0.1) is 0 Å². The molecule has 1 saturated carbocycles. The topological polar surface area (TPSA) is 106 Å². The Hall–Kier alpha value is -2.15. The Labute approximate surface area is 135 Å². The lowest BCUT2D eigenvalue weighted by atomic mass is 9.96. The van der Waals surface area contributed by atoms with E-state index in [1.54, 1.807) is 18.2 Å². The van der Waals surface area contributed by atoms with Gasteiger partial charge < -0.3 is 22.1 Å². The smallest absolute Gasteiger partial charge is 0.280 e. The van der Waals surface area contributed by atoms with Gasteiger partial charge in [-0.3, -0.25) is 4.79 Å². The molecule has 0 unspecified atom stereocenters. The van der Waals surface area contributed by atoms with Crippen LogP contribution in [0.2, 0.25) is 0 Å². The number of nitrogens with one attached hydrogen (secondary N) is 2. The third kappa shape index (κ3) is 5.00. The van der Waals surface area contributed by atoms with Crippen LogP contribution in [-0.4, -0.2) is 23.0 Å². The molecule has 0 radical (unpaired) electrons. The Bertz CT molecular complexity index is 577. The SMILES string of the molecule is NC(N)=NC(=O)c1cccc(NC(=S)NC2CCCCC2)c1. The van der Waals surface area contributed by atoms with Crippen molar-refractivity contribution in [2.24, 2.45) is 16.5 Å². The second-order valence-electron chi connectivity index (χ2n) is 5.36. The van der Waals surface area contributed by atoms with E-state index in [9.17, 15) is 4.79 Å². The number of rotatable bonds is 3. The fraction of sp³-hybridized carbons (Fsp3) is 0.400. The molecule has 0 aromatic heterocycles. The first-order valence-corrected chi connectivity index (χ1v) is 7.77. The van der Waals surface area contributed by atoms with Crippen molar-refractivity contribution < 1.29 is 4.79 Å². The van der Waals surface area contributed by atoms with Crippen LogP contribution in [-0.2, 0) is 0 Å². The molecular formula is C15H21N5OS. The first kappa shape index (κ1) is 16.2. The Morgan fingerprint density at radius 1 is 1.23 bits per heavy atom. The Morgan fingerprint density at radius 2 is 1.95 bits per heavy atom. The van der Waals surface area contributed by atoms with Gasteiger partial charge in [0, 0.05) is 17.3 Å². The number of hydrogen-bond donors (Lipinski definition) is 4. The van der Waals surface area contributed by atoms with Gasteiger partial charge in [-0.05, 0) is 43.3 Å². The molecule has 7 heteroatoms. The van der Waals surface area contributed by atoms with Crippen molar-refractivity contribution in [2.45, 2.75) is 38.1 Å². The Balaban J connectivity index is 1.96. The summed E-state index contributed by atoms with van der Waals surface area (Å²) in [6.07, 6.45) is 6.06. The molecule has 0 bridgehead atoms. The van der Waals surface area contributed by atoms with Gasteiger partial charge in [-0.25, -0.2) is 0 Å². The number of benzene rings is 1. The van der Waals surface area contributed by atoms with Crippen LogP contribution >= 0.6 is 12.2 Å². The summed E-state index contributed by atoms with van der Waals surface area (Å²) < 4.78 is 0. The largest absolute Gasteiger partial charge is 0.370 e. The summed E-state index contributed by atoms with van der Waals surface area (Å²) in [5.41, 5.74) is 11.6. The van der Waals surface area contributed by atoms with Gasteiger partial charge >= 0.3 is 0 Å². The summed E-state index contributed by atoms with van der Waals surface area (Å²) in [4.78, 5) is 15.3. The monoisotopic (exact) mass is 319 g/mol.